The minimum Gasteiger partial charge on any atom is -0.451 e. The zero-order valence-corrected chi connectivity index (χ0v) is 14.0. The lowest BCUT2D eigenvalue weighted by atomic mass is 10.3. The maximum absolute atomic E-state index is 12.5. The summed E-state index contributed by atoms with van der Waals surface area (Å²) < 4.78 is 10.8. The van der Waals surface area contributed by atoms with Crippen LogP contribution in [0.15, 0.2) is 43.9 Å². The number of amides is 1. The van der Waals surface area contributed by atoms with Crippen LogP contribution in [0.5, 0.6) is 0 Å². The summed E-state index contributed by atoms with van der Waals surface area (Å²) in [6.07, 6.45) is 5.75. The third-order valence-corrected chi connectivity index (χ3v) is 5.07. The molecule has 3 aromatic heterocycles. The normalized spacial score (nSPS) is 10.8. The van der Waals surface area contributed by atoms with Gasteiger partial charge in [-0.2, -0.15) is 0 Å². The van der Waals surface area contributed by atoms with Gasteiger partial charge in [-0.25, -0.2) is 15.0 Å². The number of thiazole rings is 1. The van der Waals surface area contributed by atoms with Gasteiger partial charge in [0, 0.05) is 11.1 Å². The summed E-state index contributed by atoms with van der Waals surface area (Å²) in [6, 6.07) is 0. The Morgan fingerprint density at radius 2 is 1.87 bits per heavy atom. The van der Waals surface area contributed by atoms with E-state index in [-0.39, 0.29) is 5.91 Å². The fourth-order valence-corrected chi connectivity index (χ4v) is 3.62. The Morgan fingerprint density at radius 3 is 2.35 bits per heavy atom. The van der Waals surface area contributed by atoms with E-state index in [1.54, 1.807) is 16.2 Å². The van der Waals surface area contributed by atoms with Crippen LogP contribution in [0.1, 0.15) is 17.1 Å². The van der Waals surface area contributed by atoms with Gasteiger partial charge in [0.05, 0.1) is 30.2 Å². The molecule has 0 atom stereocenters. The SMILES string of the molecule is Cc1csc(SCC(=O)N(Cc2cocn2)Cc2cocn2)n1. The molecule has 0 spiro atoms. The lowest BCUT2D eigenvalue weighted by Crippen LogP contribution is -2.31. The lowest BCUT2D eigenvalue weighted by molar-refractivity contribution is -0.129. The molecule has 0 aliphatic carbocycles. The molecular formula is C14H14N4O3S2. The first-order valence-corrected chi connectivity index (χ1v) is 8.64. The zero-order chi connectivity index (χ0) is 16.1. The van der Waals surface area contributed by atoms with E-state index in [4.69, 9.17) is 8.83 Å². The van der Waals surface area contributed by atoms with E-state index < -0.39 is 0 Å². The average Bonchev–Trinajstić information content (AvgIpc) is 3.27. The van der Waals surface area contributed by atoms with Crippen LogP contribution in [-0.2, 0) is 17.9 Å². The summed E-state index contributed by atoms with van der Waals surface area (Å²) in [5, 5.41) is 1.97. The highest BCUT2D eigenvalue weighted by atomic mass is 32.2. The maximum Gasteiger partial charge on any atom is 0.233 e. The molecule has 3 rings (SSSR count). The molecule has 3 heterocycles. The van der Waals surface area contributed by atoms with Crippen LogP contribution in [0.2, 0.25) is 0 Å². The first kappa shape index (κ1) is 15.8. The monoisotopic (exact) mass is 350 g/mol. The molecule has 120 valence electrons. The Bertz CT molecular complexity index is 704. The van der Waals surface area contributed by atoms with Gasteiger partial charge < -0.3 is 13.7 Å². The van der Waals surface area contributed by atoms with Crippen molar-refractivity contribution < 1.29 is 13.6 Å². The molecule has 9 heteroatoms. The summed E-state index contributed by atoms with van der Waals surface area (Å²) in [5.41, 5.74) is 2.35. The quantitative estimate of drug-likeness (QED) is 0.606. The third-order valence-electron chi connectivity index (χ3n) is 2.94. The zero-order valence-electron chi connectivity index (χ0n) is 12.3. The molecule has 7 nitrogen and oxygen atoms in total. The summed E-state index contributed by atoms with van der Waals surface area (Å²) >= 11 is 2.97. The molecule has 3 aromatic rings. The number of hydrogen-bond donors (Lipinski definition) is 0. The van der Waals surface area contributed by atoms with Crippen LogP contribution in [0.25, 0.3) is 0 Å². The second-order valence-corrected chi connectivity index (χ2v) is 6.83. The van der Waals surface area contributed by atoms with E-state index in [1.165, 1.54) is 37.1 Å². The molecular weight excluding hydrogens is 336 g/mol. The number of thioether (sulfide) groups is 1. The maximum atomic E-state index is 12.5. The minimum absolute atomic E-state index is 0.0196. The number of aryl methyl sites for hydroxylation is 1. The van der Waals surface area contributed by atoms with E-state index in [0.717, 1.165) is 10.0 Å². The fraction of sp³-hybridized carbons (Fsp3) is 0.286. The van der Waals surface area contributed by atoms with Crippen molar-refractivity contribution in [3.63, 3.8) is 0 Å². The number of nitrogens with zero attached hydrogens (tertiary/aromatic N) is 4. The van der Waals surface area contributed by atoms with Crippen LogP contribution >= 0.6 is 23.1 Å². The molecule has 0 saturated heterocycles. The van der Waals surface area contributed by atoms with Gasteiger partial charge >= 0.3 is 0 Å². The van der Waals surface area contributed by atoms with Crippen LogP contribution in [-0.4, -0.2) is 31.5 Å². The number of hydrogen-bond acceptors (Lipinski definition) is 8. The van der Waals surface area contributed by atoms with E-state index in [1.807, 2.05) is 12.3 Å². The molecule has 0 radical (unpaired) electrons. The standard InChI is InChI=1S/C14H14N4O3S2/c1-10-6-22-14(17-10)23-7-13(19)18(2-11-4-20-8-15-11)3-12-5-21-9-16-12/h4-6,8-9H,2-3,7H2,1H3. The van der Waals surface area contributed by atoms with Crippen molar-refractivity contribution in [1.82, 2.24) is 19.9 Å². The number of carbonyl (C=O) groups is 1. The summed E-state index contributed by atoms with van der Waals surface area (Å²) in [6.45, 7) is 2.66. The largest absolute Gasteiger partial charge is 0.451 e. The Balaban J connectivity index is 1.64. The first-order chi connectivity index (χ1) is 11.2. The molecule has 0 fully saturated rings. The number of rotatable bonds is 7. The second-order valence-electron chi connectivity index (χ2n) is 4.75. The predicted molar refractivity (Wildman–Crippen MR) is 84.8 cm³/mol. The number of carbonyl (C=O) groups excluding carboxylic acids is 1. The van der Waals surface area contributed by atoms with E-state index >= 15 is 0 Å². The molecule has 0 unspecified atom stereocenters. The summed E-state index contributed by atoms with van der Waals surface area (Å²) in [4.78, 5) is 26.7. The number of aromatic nitrogens is 3. The summed E-state index contributed by atoms with van der Waals surface area (Å²) in [5.74, 6) is 0.289. The van der Waals surface area contributed by atoms with Crippen molar-refractivity contribution in [2.75, 3.05) is 5.75 Å². The fourth-order valence-electron chi connectivity index (χ4n) is 1.87. The molecule has 0 aliphatic heterocycles. The van der Waals surface area contributed by atoms with Gasteiger partial charge in [-0.15, -0.1) is 11.3 Å². The number of oxazole rings is 2. The Morgan fingerprint density at radius 1 is 1.22 bits per heavy atom. The van der Waals surface area contributed by atoms with Gasteiger partial charge in [-0.05, 0) is 6.92 Å². The van der Waals surface area contributed by atoms with Crippen LogP contribution in [0.4, 0.5) is 0 Å². The van der Waals surface area contributed by atoms with Gasteiger partial charge in [0.1, 0.15) is 12.5 Å². The van der Waals surface area contributed by atoms with Gasteiger partial charge in [0.25, 0.3) is 0 Å². The van der Waals surface area contributed by atoms with E-state index in [9.17, 15) is 4.79 Å². The average molecular weight is 350 g/mol. The minimum atomic E-state index is -0.0196. The topological polar surface area (TPSA) is 85.3 Å². The molecule has 0 aliphatic rings. The smallest absolute Gasteiger partial charge is 0.233 e. The lowest BCUT2D eigenvalue weighted by Gasteiger charge is -2.20. The van der Waals surface area contributed by atoms with E-state index in [2.05, 4.69) is 15.0 Å². The molecule has 1 amide bonds. The molecule has 23 heavy (non-hydrogen) atoms. The Hall–Kier alpha value is -2.13. The van der Waals surface area contributed by atoms with Crippen molar-refractivity contribution in [2.45, 2.75) is 24.4 Å². The van der Waals surface area contributed by atoms with Crippen LogP contribution in [0.3, 0.4) is 0 Å². The van der Waals surface area contributed by atoms with Crippen molar-refractivity contribution in [2.24, 2.45) is 0 Å². The van der Waals surface area contributed by atoms with Crippen LogP contribution < -0.4 is 0 Å². The van der Waals surface area contributed by atoms with E-state index in [0.29, 0.717) is 30.2 Å². The summed E-state index contributed by atoms with van der Waals surface area (Å²) in [7, 11) is 0. The molecule has 0 N–H and O–H groups in total. The molecule has 0 saturated carbocycles. The van der Waals surface area contributed by atoms with Crippen molar-refractivity contribution in [3.05, 3.63) is 47.8 Å². The Kier molecular flexibility index (Phi) is 5.09. The Labute approximate surface area is 140 Å². The molecule has 0 aromatic carbocycles. The highest BCUT2D eigenvalue weighted by Gasteiger charge is 2.18. The first-order valence-electron chi connectivity index (χ1n) is 6.77. The van der Waals surface area contributed by atoms with Crippen molar-refractivity contribution >= 4 is 29.0 Å². The van der Waals surface area contributed by atoms with Gasteiger partial charge in [-0.1, -0.05) is 11.8 Å². The molecule has 0 bridgehead atoms. The van der Waals surface area contributed by atoms with Crippen molar-refractivity contribution in [3.8, 4) is 0 Å². The van der Waals surface area contributed by atoms with Crippen molar-refractivity contribution in [1.29, 1.82) is 0 Å². The highest BCUT2D eigenvalue weighted by molar-refractivity contribution is 8.01. The predicted octanol–water partition coefficient (Wildman–Crippen LogP) is 2.75. The van der Waals surface area contributed by atoms with Gasteiger partial charge in [-0.3, -0.25) is 4.79 Å². The van der Waals surface area contributed by atoms with Gasteiger partial charge in [0.15, 0.2) is 17.1 Å². The second kappa shape index (κ2) is 7.42. The highest BCUT2D eigenvalue weighted by Crippen LogP contribution is 2.23. The van der Waals surface area contributed by atoms with Gasteiger partial charge in [0.2, 0.25) is 5.91 Å². The van der Waals surface area contributed by atoms with Crippen LogP contribution in [0, 0.1) is 6.92 Å². The third kappa shape index (κ3) is 4.42.